The number of hydrogen-bond donors (Lipinski definition) is 3. The van der Waals surface area contributed by atoms with E-state index in [9.17, 15) is 19.8 Å². The number of pyridine rings is 1. The number of carboxylic acids is 1. The first-order valence-corrected chi connectivity index (χ1v) is 11.2. The summed E-state index contributed by atoms with van der Waals surface area (Å²) in [5.41, 5.74) is 5.05. The molecule has 2 heterocycles. The van der Waals surface area contributed by atoms with Crippen molar-refractivity contribution in [1.82, 2.24) is 4.98 Å². The Labute approximate surface area is 195 Å². The molecule has 2 aliphatic rings. The lowest BCUT2D eigenvalue weighted by molar-refractivity contribution is 0.0697. The topological polar surface area (TPSA) is 93.6 Å². The molecule has 1 aromatic heterocycles. The molecule has 0 bridgehead atoms. The van der Waals surface area contributed by atoms with Crippen LogP contribution in [0.1, 0.15) is 34.0 Å². The van der Waals surface area contributed by atoms with Crippen molar-refractivity contribution >= 4 is 33.5 Å². The minimum absolute atomic E-state index is 0.0482. The van der Waals surface area contributed by atoms with Crippen molar-refractivity contribution in [3.05, 3.63) is 111 Å². The smallest absolute Gasteiger partial charge is 0.335 e. The average molecular weight is 450 g/mol. The van der Waals surface area contributed by atoms with Crippen molar-refractivity contribution in [2.45, 2.75) is 25.1 Å². The number of allylic oxidation sites excluding steroid dienone is 2. The number of hydrogen-bond acceptors (Lipinski definition) is 4. The number of nitrogens with one attached hydrogen (secondary N) is 1. The van der Waals surface area contributed by atoms with Gasteiger partial charge in [0.25, 0.3) is 0 Å². The van der Waals surface area contributed by atoms with Gasteiger partial charge >= 0.3 is 5.97 Å². The van der Waals surface area contributed by atoms with Crippen molar-refractivity contribution < 1.29 is 15.0 Å². The predicted octanol–water partition coefficient (Wildman–Crippen LogP) is 4.69. The number of aliphatic hydroxyl groups is 1. The van der Waals surface area contributed by atoms with E-state index in [1.54, 1.807) is 12.1 Å². The molecule has 2 unspecified atom stereocenters. The maximum absolute atomic E-state index is 13.3. The minimum Gasteiger partial charge on any atom is -0.478 e. The van der Waals surface area contributed by atoms with Gasteiger partial charge in [-0.15, -0.1) is 0 Å². The number of aromatic amines is 1. The molecule has 0 radical (unpaired) electrons. The largest absolute Gasteiger partial charge is 0.478 e. The van der Waals surface area contributed by atoms with Gasteiger partial charge in [0.15, 0.2) is 5.43 Å². The van der Waals surface area contributed by atoms with Crippen LogP contribution in [0, 0.1) is 0 Å². The number of carbonyl (C=O) groups is 1. The number of aromatic nitrogens is 1. The minimum atomic E-state index is -0.962. The van der Waals surface area contributed by atoms with Gasteiger partial charge in [-0.3, -0.25) is 4.79 Å². The number of anilines is 1. The van der Waals surface area contributed by atoms with Crippen LogP contribution in [0.5, 0.6) is 0 Å². The predicted molar refractivity (Wildman–Crippen MR) is 132 cm³/mol. The number of aromatic carboxylic acids is 1. The Morgan fingerprint density at radius 1 is 1.03 bits per heavy atom. The number of rotatable bonds is 3. The van der Waals surface area contributed by atoms with Gasteiger partial charge in [0.2, 0.25) is 0 Å². The van der Waals surface area contributed by atoms with E-state index in [-0.39, 0.29) is 17.0 Å². The van der Waals surface area contributed by atoms with Gasteiger partial charge in [-0.05, 0) is 54.0 Å². The second-order valence-electron chi connectivity index (χ2n) is 8.80. The highest BCUT2D eigenvalue weighted by molar-refractivity contribution is 5.95. The molecular weight excluding hydrogens is 428 g/mol. The van der Waals surface area contributed by atoms with Crippen LogP contribution in [0.2, 0.25) is 0 Å². The van der Waals surface area contributed by atoms with Crippen molar-refractivity contribution in [1.29, 1.82) is 0 Å². The number of nitrogens with zero attached hydrogens (tertiary/aromatic N) is 1. The highest BCUT2D eigenvalue weighted by Gasteiger charge is 2.36. The number of aliphatic hydroxyl groups excluding tert-OH is 1. The SMILES string of the molecule is O=C(O)c1ccc(CN2c3cc4c(=O)c5ccccc5[nH]c4cc3C(O)C3=CCC=CC32)cc1. The van der Waals surface area contributed by atoms with Crippen LogP contribution in [-0.2, 0) is 6.54 Å². The second kappa shape index (κ2) is 7.71. The molecule has 4 aromatic rings. The summed E-state index contributed by atoms with van der Waals surface area (Å²) in [5, 5.41) is 21.7. The first kappa shape index (κ1) is 20.4. The maximum Gasteiger partial charge on any atom is 0.335 e. The first-order chi connectivity index (χ1) is 16.5. The van der Waals surface area contributed by atoms with Gasteiger partial charge in [-0.25, -0.2) is 4.79 Å². The Morgan fingerprint density at radius 3 is 2.62 bits per heavy atom. The average Bonchev–Trinajstić information content (AvgIpc) is 2.86. The molecule has 3 N–H and O–H groups in total. The molecule has 0 amide bonds. The summed E-state index contributed by atoms with van der Waals surface area (Å²) in [6.07, 6.45) is 6.21. The fourth-order valence-electron chi connectivity index (χ4n) is 5.11. The molecule has 6 rings (SSSR count). The van der Waals surface area contributed by atoms with Crippen LogP contribution in [0.4, 0.5) is 5.69 Å². The molecule has 3 aromatic carbocycles. The molecule has 6 nitrogen and oxygen atoms in total. The standard InChI is InChI=1S/C28H22N2O4/c31-26-18-5-1-3-7-22(18)29-23-13-21-25(14-20(23)26)30(24-8-4-2-6-19(24)27(21)32)15-16-9-11-17(12-10-16)28(33)34/h1,3-14,24,27,32H,2,15H2,(H,29,31)(H,33,34). The van der Waals surface area contributed by atoms with E-state index in [2.05, 4.69) is 28.1 Å². The molecule has 168 valence electrons. The van der Waals surface area contributed by atoms with E-state index in [1.165, 1.54) is 0 Å². The van der Waals surface area contributed by atoms with E-state index in [4.69, 9.17) is 0 Å². The van der Waals surface area contributed by atoms with E-state index < -0.39 is 12.1 Å². The zero-order chi connectivity index (χ0) is 23.4. The molecule has 0 spiro atoms. The van der Waals surface area contributed by atoms with Crippen LogP contribution in [0.15, 0.2) is 89.3 Å². The van der Waals surface area contributed by atoms with Crippen molar-refractivity contribution in [2.24, 2.45) is 0 Å². The van der Waals surface area contributed by atoms with Gasteiger partial charge in [0, 0.05) is 34.1 Å². The molecule has 6 heteroatoms. The number of benzene rings is 3. The van der Waals surface area contributed by atoms with Crippen molar-refractivity contribution in [3.8, 4) is 0 Å². The summed E-state index contributed by atoms with van der Waals surface area (Å²) in [4.78, 5) is 30.1. The summed E-state index contributed by atoms with van der Waals surface area (Å²) in [7, 11) is 0. The monoisotopic (exact) mass is 450 g/mol. The van der Waals surface area contributed by atoms with E-state index in [0.29, 0.717) is 22.8 Å². The first-order valence-electron chi connectivity index (χ1n) is 11.2. The van der Waals surface area contributed by atoms with Crippen LogP contribution in [-0.4, -0.2) is 27.2 Å². The molecule has 1 aliphatic heterocycles. The fourth-order valence-corrected chi connectivity index (χ4v) is 5.11. The van der Waals surface area contributed by atoms with Crippen molar-refractivity contribution in [3.63, 3.8) is 0 Å². The zero-order valence-corrected chi connectivity index (χ0v) is 18.2. The third-order valence-electron chi connectivity index (χ3n) is 6.81. The molecule has 1 aliphatic carbocycles. The molecule has 34 heavy (non-hydrogen) atoms. The Kier molecular flexibility index (Phi) is 4.64. The summed E-state index contributed by atoms with van der Waals surface area (Å²) in [6, 6.07) is 17.9. The van der Waals surface area contributed by atoms with Crippen LogP contribution in [0.25, 0.3) is 21.8 Å². The van der Waals surface area contributed by atoms with Crippen LogP contribution in [0.3, 0.4) is 0 Å². The Bertz CT molecular complexity index is 1580. The highest BCUT2D eigenvalue weighted by atomic mass is 16.4. The van der Waals surface area contributed by atoms with Gasteiger partial charge in [0.1, 0.15) is 6.10 Å². The van der Waals surface area contributed by atoms with E-state index >= 15 is 0 Å². The highest BCUT2D eigenvalue weighted by Crippen LogP contribution is 2.44. The third kappa shape index (κ3) is 3.15. The van der Waals surface area contributed by atoms with Crippen LogP contribution >= 0.6 is 0 Å². The summed E-state index contributed by atoms with van der Waals surface area (Å²) >= 11 is 0. The fraction of sp³-hybridized carbons (Fsp3) is 0.143. The lowest BCUT2D eigenvalue weighted by Gasteiger charge is -2.43. The van der Waals surface area contributed by atoms with Gasteiger partial charge in [-0.2, -0.15) is 0 Å². The number of para-hydroxylation sites is 1. The van der Waals surface area contributed by atoms with E-state index in [0.717, 1.165) is 34.3 Å². The maximum atomic E-state index is 13.3. The second-order valence-corrected chi connectivity index (χ2v) is 8.80. The quantitative estimate of drug-likeness (QED) is 0.311. The number of H-pyrrole nitrogens is 1. The Morgan fingerprint density at radius 2 is 1.82 bits per heavy atom. The van der Waals surface area contributed by atoms with E-state index in [1.807, 2.05) is 48.5 Å². The third-order valence-corrected chi connectivity index (χ3v) is 6.81. The van der Waals surface area contributed by atoms with Crippen LogP contribution < -0.4 is 10.3 Å². The Balaban J connectivity index is 1.55. The molecule has 0 saturated heterocycles. The van der Waals surface area contributed by atoms with Crippen molar-refractivity contribution in [2.75, 3.05) is 4.90 Å². The normalized spacial score (nSPS) is 19.1. The van der Waals surface area contributed by atoms with Gasteiger partial charge in [-0.1, -0.05) is 42.5 Å². The molecule has 0 fully saturated rings. The van der Waals surface area contributed by atoms with Gasteiger partial charge in [0.05, 0.1) is 17.1 Å². The molecule has 2 atom stereocenters. The molecular formula is C28H22N2O4. The lowest BCUT2D eigenvalue weighted by atomic mass is 9.84. The summed E-state index contributed by atoms with van der Waals surface area (Å²) in [5.74, 6) is -0.962. The zero-order valence-electron chi connectivity index (χ0n) is 18.2. The molecule has 0 saturated carbocycles. The number of fused-ring (bicyclic) bond motifs is 4. The Hall–Kier alpha value is -4.16. The summed E-state index contributed by atoms with van der Waals surface area (Å²) < 4.78 is 0. The lowest BCUT2D eigenvalue weighted by Crippen LogP contribution is -2.41. The number of carboxylic acid groups (broad SMARTS) is 1. The van der Waals surface area contributed by atoms with Gasteiger partial charge < -0.3 is 20.1 Å². The summed E-state index contributed by atoms with van der Waals surface area (Å²) in [6.45, 7) is 0.503.